The highest BCUT2D eigenvalue weighted by Gasteiger charge is 1.87. The maximum atomic E-state index is 8.15. The minimum atomic E-state index is 0.537. The lowest BCUT2D eigenvalue weighted by Gasteiger charge is -1.98. The van der Waals surface area contributed by atoms with E-state index in [4.69, 9.17) is 10.9 Å². The average molecular weight is 134 g/mol. The minimum absolute atomic E-state index is 0.537. The Morgan fingerprint density at radius 3 is 2.88 bits per heavy atom. The van der Waals surface area contributed by atoms with Crippen LogP contribution in [-0.2, 0) is 0 Å². The van der Waals surface area contributed by atoms with Crippen molar-refractivity contribution < 1.29 is 5.21 Å². The number of thioether (sulfide) groups is 1. The molecule has 0 saturated heterocycles. The molecule has 0 aliphatic rings. The van der Waals surface area contributed by atoms with Crippen molar-refractivity contribution in [3.8, 4) is 0 Å². The fourth-order valence-corrected chi connectivity index (χ4v) is 0.643. The Bertz CT molecular complexity index is 76.4. The third-order valence-corrected chi connectivity index (χ3v) is 1.40. The van der Waals surface area contributed by atoms with Gasteiger partial charge in [-0.05, 0) is 0 Å². The van der Waals surface area contributed by atoms with Gasteiger partial charge in [0.1, 0.15) is 0 Å². The van der Waals surface area contributed by atoms with Crippen LogP contribution in [0.4, 0.5) is 0 Å². The van der Waals surface area contributed by atoms with Crippen molar-refractivity contribution in [3.05, 3.63) is 11.6 Å². The molecule has 0 aromatic rings. The van der Waals surface area contributed by atoms with Crippen LogP contribution in [0.1, 0.15) is 0 Å². The van der Waals surface area contributed by atoms with Gasteiger partial charge in [0.25, 0.3) is 0 Å². The molecular formula is C4H10N2OS. The first kappa shape index (κ1) is 7.81. The third-order valence-electron chi connectivity index (χ3n) is 0.519. The van der Waals surface area contributed by atoms with Gasteiger partial charge in [-0.15, -0.1) is 11.8 Å². The summed E-state index contributed by atoms with van der Waals surface area (Å²) in [4.78, 5) is 0. The Morgan fingerprint density at radius 1 is 1.88 bits per heavy atom. The zero-order chi connectivity index (χ0) is 6.41. The van der Waals surface area contributed by atoms with Crippen LogP contribution in [0.3, 0.4) is 0 Å². The highest BCUT2D eigenvalue weighted by atomic mass is 32.2. The summed E-state index contributed by atoms with van der Waals surface area (Å²) in [5, 5.41) is 8.69. The lowest BCUT2D eigenvalue weighted by molar-refractivity contribution is 0.211. The summed E-state index contributed by atoms with van der Waals surface area (Å²) in [7, 11) is 0. The van der Waals surface area contributed by atoms with E-state index in [1.54, 1.807) is 0 Å². The zero-order valence-corrected chi connectivity index (χ0v) is 5.37. The molecule has 0 spiro atoms. The van der Waals surface area contributed by atoms with E-state index in [1.807, 2.05) is 5.48 Å². The molecule has 3 nitrogen and oxygen atoms in total. The number of hydrogen-bond donors (Lipinski definition) is 3. The number of nitrogens with two attached hydrogens (primary N) is 1. The standard InChI is InChI=1S/C4H10N2OS/c1-4(6-7)8-3-2-5/h6-7H,1-3,5H2. The van der Waals surface area contributed by atoms with Gasteiger partial charge in [-0.1, -0.05) is 6.58 Å². The molecule has 0 aliphatic heterocycles. The Kier molecular flexibility index (Phi) is 4.84. The molecule has 0 radical (unpaired) electrons. The van der Waals surface area contributed by atoms with E-state index in [1.165, 1.54) is 11.8 Å². The Morgan fingerprint density at radius 2 is 2.50 bits per heavy atom. The van der Waals surface area contributed by atoms with Gasteiger partial charge in [0, 0.05) is 12.3 Å². The van der Waals surface area contributed by atoms with Crippen molar-refractivity contribution in [1.82, 2.24) is 5.48 Å². The maximum absolute atomic E-state index is 8.15. The van der Waals surface area contributed by atoms with Gasteiger partial charge in [0.15, 0.2) is 0 Å². The largest absolute Gasteiger partial charge is 0.330 e. The molecule has 0 aromatic heterocycles. The van der Waals surface area contributed by atoms with Gasteiger partial charge >= 0.3 is 0 Å². The number of hydroxylamine groups is 1. The van der Waals surface area contributed by atoms with Crippen LogP contribution in [0.2, 0.25) is 0 Å². The van der Waals surface area contributed by atoms with E-state index in [2.05, 4.69) is 6.58 Å². The second kappa shape index (κ2) is 4.96. The summed E-state index contributed by atoms with van der Waals surface area (Å²) in [5.74, 6) is 0.784. The van der Waals surface area contributed by atoms with Crippen molar-refractivity contribution in [3.63, 3.8) is 0 Å². The third kappa shape index (κ3) is 3.98. The predicted octanol–water partition coefficient (Wildman–Crippen LogP) is 0.128. The van der Waals surface area contributed by atoms with E-state index >= 15 is 0 Å². The molecule has 48 valence electrons. The van der Waals surface area contributed by atoms with Crippen LogP contribution in [0.15, 0.2) is 11.6 Å². The summed E-state index contributed by atoms with van der Waals surface area (Å²) >= 11 is 1.40. The summed E-state index contributed by atoms with van der Waals surface area (Å²) in [5.41, 5.74) is 7.07. The van der Waals surface area contributed by atoms with E-state index < -0.39 is 0 Å². The molecule has 0 unspecified atom stereocenters. The SMILES string of the molecule is C=C(NO)SCCN. The lowest BCUT2D eigenvalue weighted by Crippen LogP contribution is -2.06. The molecule has 0 fully saturated rings. The average Bonchev–Trinajstić information content (AvgIpc) is 1.83. The molecule has 4 heteroatoms. The van der Waals surface area contributed by atoms with Crippen LogP contribution in [0.25, 0.3) is 0 Å². The van der Waals surface area contributed by atoms with E-state index in [9.17, 15) is 0 Å². The number of nitrogens with one attached hydrogen (secondary N) is 1. The molecule has 8 heavy (non-hydrogen) atoms. The number of rotatable bonds is 4. The molecule has 0 rings (SSSR count). The zero-order valence-electron chi connectivity index (χ0n) is 4.55. The minimum Gasteiger partial charge on any atom is -0.330 e. The summed E-state index contributed by atoms with van der Waals surface area (Å²) < 4.78 is 0. The first-order chi connectivity index (χ1) is 3.81. The molecule has 0 aromatic carbocycles. The van der Waals surface area contributed by atoms with Gasteiger partial charge in [0.2, 0.25) is 0 Å². The molecule has 0 aliphatic carbocycles. The highest BCUT2D eigenvalue weighted by molar-refractivity contribution is 8.03. The van der Waals surface area contributed by atoms with Crippen molar-refractivity contribution in [1.29, 1.82) is 0 Å². The quantitative estimate of drug-likeness (QED) is 0.478. The first-order valence-electron chi connectivity index (χ1n) is 2.23. The highest BCUT2D eigenvalue weighted by Crippen LogP contribution is 2.06. The second-order valence-electron chi connectivity index (χ2n) is 1.17. The van der Waals surface area contributed by atoms with Crippen molar-refractivity contribution >= 4 is 11.8 Å². The molecule has 0 amide bonds. The monoisotopic (exact) mass is 134 g/mol. The predicted molar refractivity (Wildman–Crippen MR) is 35.6 cm³/mol. The Hall–Kier alpha value is -0.190. The van der Waals surface area contributed by atoms with Crippen molar-refractivity contribution in [2.75, 3.05) is 12.3 Å². The second-order valence-corrected chi connectivity index (χ2v) is 2.36. The molecular weight excluding hydrogens is 124 g/mol. The Balaban J connectivity index is 2.99. The van der Waals surface area contributed by atoms with Gasteiger partial charge in [-0.25, -0.2) is 0 Å². The van der Waals surface area contributed by atoms with Crippen LogP contribution in [0.5, 0.6) is 0 Å². The summed E-state index contributed by atoms with van der Waals surface area (Å²) in [6, 6.07) is 0. The van der Waals surface area contributed by atoms with Crippen molar-refractivity contribution in [2.45, 2.75) is 0 Å². The first-order valence-corrected chi connectivity index (χ1v) is 3.21. The van der Waals surface area contributed by atoms with E-state index in [0.717, 1.165) is 5.75 Å². The molecule has 0 atom stereocenters. The molecule has 0 heterocycles. The van der Waals surface area contributed by atoms with Gasteiger partial charge < -0.3 is 5.73 Å². The summed E-state index contributed by atoms with van der Waals surface area (Å²) in [6.07, 6.45) is 0. The molecule has 0 bridgehead atoms. The van der Waals surface area contributed by atoms with Crippen LogP contribution in [-0.4, -0.2) is 17.5 Å². The van der Waals surface area contributed by atoms with Gasteiger partial charge in [0.05, 0.1) is 5.03 Å². The van der Waals surface area contributed by atoms with Crippen LogP contribution in [0, 0.1) is 0 Å². The lowest BCUT2D eigenvalue weighted by atomic mass is 10.8. The van der Waals surface area contributed by atoms with E-state index in [-0.39, 0.29) is 0 Å². The smallest absolute Gasteiger partial charge is 0.0860 e. The van der Waals surface area contributed by atoms with E-state index in [0.29, 0.717) is 11.6 Å². The normalized spacial score (nSPS) is 8.75. The van der Waals surface area contributed by atoms with Crippen LogP contribution >= 0.6 is 11.8 Å². The Labute approximate surface area is 52.9 Å². The fourth-order valence-electron chi connectivity index (χ4n) is 0.214. The van der Waals surface area contributed by atoms with Crippen LogP contribution < -0.4 is 11.2 Å². The summed E-state index contributed by atoms with van der Waals surface area (Å²) in [6.45, 7) is 4.06. The van der Waals surface area contributed by atoms with Gasteiger partial charge in [-0.2, -0.15) is 0 Å². The molecule has 0 saturated carbocycles. The fraction of sp³-hybridized carbons (Fsp3) is 0.500. The van der Waals surface area contributed by atoms with Crippen molar-refractivity contribution in [2.24, 2.45) is 5.73 Å². The maximum Gasteiger partial charge on any atom is 0.0860 e. The van der Waals surface area contributed by atoms with Gasteiger partial charge in [-0.3, -0.25) is 10.7 Å². The molecule has 4 N–H and O–H groups in total. The topological polar surface area (TPSA) is 58.3 Å². The number of hydrogen-bond acceptors (Lipinski definition) is 4.